The van der Waals surface area contributed by atoms with Crippen molar-refractivity contribution in [1.29, 1.82) is 0 Å². The summed E-state index contributed by atoms with van der Waals surface area (Å²) in [6, 6.07) is 7.25. The highest BCUT2D eigenvalue weighted by Gasteiger charge is 2.16. The minimum Gasteiger partial charge on any atom is -0.396 e. The van der Waals surface area contributed by atoms with Gasteiger partial charge in [-0.15, -0.1) is 0 Å². The van der Waals surface area contributed by atoms with Gasteiger partial charge in [-0.2, -0.15) is 0 Å². The van der Waals surface area contributed by atoms with Gasteiger partial charge < -0.3 is 14.9 Å². The van der Waals surface area contributed by atoms with E-state index in [1.165, 1.54) is 6.92 Å². The van der Waals surface area contributed by atoms with E-state index in [0.717, 1.165) is 5.56 Å². The molecule has 0 radical (unpaired) electrons. The molecule has 15 heavy (non-hydrogen) atoms. The molecule has 0 aliphatic rings. The van der Waals surface area contributed by atoms with Gasteiger partial charge in [-0.25, -0.2) is 0 Å². The van der Waals surface area contributed by atoms with Gasteiger partial charge in [0.2, 0.25) is 0 Å². The van der Waals surface area contributed by atoms with Crippen LogP contribution in [-0.4, -0.2) is 23.1 Å². The van der Waals surface area contributed by atoms with E-state index < -0.39 is 6.29 Å². The molecule has 0 aromatic heterocycles. The Morgan fingerprint density at radius 3 is 2.60 bits per heavy atom. The summed E-state index contributed by atoms with van der Waals surface area (Å²) >= 11 is 5.99. The minimum absolute atomic E-state index is 0.0113. The van der Waals surface area contributed by atoms with E-state index >= 15 is 0 Å². The summed E-state index contributed by atoms with van der Waals surface area (Å²) in [5.74, 6) is 0. The lowest BCUT2D eigenvalue weighted by atomic mass is 10.1. The Bertz CT molecular complexity index is 302. The van der Waals surface area contributed by atoms with Crippen molar-refractivity contribution in [1.82, 2.24) is 0 Å². The maximum absolute atomic E-state index is 9.15. The van der Waals surface area contributed by atoms with Gasteiger partial charge in [-0.1, -0.05) is 29.8 Å². The highest BCUT2D eigenvalue weighted by molar-refractivity contribution is 6.31. The van der Waals surface area contributed by atoms with Crippen LogP contribution in [0.4, 0.5) is 0 Å². The Hall–Kier alpha value is -0.610. The number of hydrogen-bond donors (Lipinski definition) is 2. The zero-order valence-corrected chi connectivity index (χ0v) is 9.31. The van der Waals surface area contributed by atoms with Crippen molar-refractivity contribution in [2.24, 2.45) is 0 Å². The quantitative estimate of drug-likeness (QED) is 0.762. The number of hydrogen-bond acceptors (Lipinski definition) is 3. The number of rotatable bonds is 5. The van der Waals surface area contributed by atoms with Crippen LogP contribution >= 0.6 is 11.6 Å². The summed E-state index contributed by atoms with van der Waals surface area (Å²) < 4.78 is 5.27. The second-order valence-corrected chi connectivity index (χ2v) is 3.67. The van der Waals surface area contributed by atoms with Crippen molar-refractivity contribution in [2.75, 3.05) is 6.61 Å². The first-order chi connectivity index (χ1) is 7.15. The van der Waals surface area contributed by atoms with E-state index in [9.17, 15) is 0 Å². The molecule has 3 nitrogen and oxygen atoms in total. The molecule has 4 heteroatoms. The SMILES string of the molecule is CC(O)OC(CCO)c1ccccc1Cl. The van der Waals surface area contributed by atoms with Crippen molar-refractivity contribution in [3.8, 4) is 0 Å². The van der Waals surface area contributed by atoms with Gasteiger partial charge in [0.25, 0.3) is 0 Å². The molecule has 0 bridgehead atoms. The summed E-state index contributed by atoms with van der Waals surface area (Å²) in [6.07, 6.45) is -0.837. The normalized spacial score (nSPS) is 14.9. The van der Waals surface area contributed by atoms with Crippen LogP contribution in [0, 0.1) is 0 Å². The lowest BCUT2D eigenvalue weighted by Crippen LogP contribution is -2.14. The lowest BCUT2D eigenvalue weighted by Gasteiger charge is -2.20. The maximum Gasteiger partial charge on any atom is 0.152 e. The Balaban J connectivity index is 2.83. The van der Waals surface area contributed by atoms with Crippen molar-refractivity contribution in [3.63, 3.8) is 0 Å². The molecular weight excluding hydrogens is 216 g/mol. The first-order valence-corrected chi connectivity index (χ1v) is 5.21. The van der Waals surface area contributed by atoms with Crippen LogP contribution in [0.15, 0.2) is 24.3 Å². The van der Waals surface area contributed by atoms with Gasteiger partial charge in [0.15, 0.2) is 6.29 Å². The number of halogens is 1. The van der Waals surface area contributed by atoms with E-state index in [2.05, 4.69) is 0 Å². The molecule has 2 unspecified atom stereocenters. The fourth-order valence-electron chi connectivity index (χ4n) is 1.39. The van der Waals surface area contributed by atoms with Crippen LogP contribution in [0.2, 0.25) is 5.02 Å². The van der Waals surface area contributed by atoms with Crippen LogP contribution in [0.3, 0.4) is 0 Å². The fraction of sp³-hybridized carbons (Fsp3) is 0.455. The second kappa shape index (κ2) is 6.08. The zero-order chi connectivity index (χ0) is 11.3. The van der Waals surface area contributed by atoms with Gasteiger partial charge in [-0.05, 0) is 18.6 Å². The minimum atomic E-state index is -0.877. The summed E-state index contributed by atoms with van der Waals surface area (Å²) in [5, 5.41) is 18.6. The van der Waals surface area contributed by atoms with Crippen LogP contribution < -0.4 is 0 Å². The van der Waals surface area contributed by atoms with Crippen LogP contribution in [-0.2, 0) is 4.74 Å². The predicted octanol–water partition coefficient (Wildman–Crippen LogP) is 2.12. The van der Waals surface area contributed by atoms with E-state index in [4.69, 9.17) is 26.6 Å². The topological polar surface area (TPSA) is 49.7 Å². The molecule has 1 rings (SSSR count). The average molecular weight is 231 g/mol. The van der Waals surface area contributed by atoms with Gasteiger partial charge in [-0.3, -0.25) is 0 Å². The molecule has 84 valence electrons. The number of benzene rings is 1. The molecule has 2 atom stereocenters. The highest BCUT2D eigenvalue weighted by atomic mass is 35.5. The Morgan fingerprint density at radius 1 is 1.40 bits per heavy atom. The van der Waals surface area contributed by atoms with Crippen LogP contribution in [0.5, 0.6) is 0 Å². The molecule has 0 heterocycles. The molecule has 0 aliphatic heterocycles. The van der Waals surface area contributed by atoms with Gasteiger partial charge in [0.1, 0.15) is 0 Å². The second-order valence-electron chi connectivity index (χ2n) is 3.26. The molecule has 0 saturated carbocycles. The molecule has 0 amide bonds. The van der Waals surface area contributed by atoms with Crippen molar-refractivity contribution in [3.05, 3.63) is 34.9 Å². The van der Waals surface area contributed by atoms with E-state index in [1.807, 2.05) is 18.2 Å². The molecule has 1 aromatic rings. The summed E-state index contributed by atoms with van der Waals surface area (Å²) in [4.78, 5) is 0. The third-order valence-electron chi connectivity index (χ3n) is 2.00. The monoisotopic (exact) mass is 230 g/mol. The molecule has 0 aliphatic carbocycles. The Kier molecular flexibility index (Phi) is 5.05. The Labute approximate surface area is 94.3 Å². The van der Waals surface area contributed by atoms with Crippen molar-refractivity contribution < 1.29 is 14.9 Å². The average Bonchev–Trinajstić information content (AvgIpc) is 2.17. The van der Waals surface area contributed by atoms with Gasteiger partial charge in [0, 0.05) is 18.1 Å². The maximum atomic E-state index is 9.15. The lowest BCUT2D eigenvalue weighted by molar-refractivity contribution is -0.130. The van der Waals surface area contributed by atoms with Crippen molar-refractivity contribution >= 4 is 11.6 Å². The molecule has 0 spiro atoms. The van der Waals surface area contributed by atoms with E-state index in [-0.39, 0.29) is 12.7 Å². The highest BCUT2D eigenvalue weighted by Crippen LogP contribution is 2.28. The summed E-state index contributed by atoms with van der Waals surface area (Å²) in [7, 11) is 0. The van der Waals surface area contributed by atoms with E-state index in [1.54, 1.807) is 6.07 Å². The van der Waals surface area contributed by atoms with Crippen LogP contribution in [0.1, 0.15) is 25.0 Å². The molecule has 0 saturated heterocycles. The fourth-order valence-corrected chi connectivity index (χ4v) is 1.65. The first kappa shape index (κ1) is 12.5. The molecule has 0 fully saturated rings. The Morgan fingerprint density at radius 2 is 2.07 bits per heavy atom. The number of aliphatic hydroxyl groups is 2. The van der Waals surface area contributed by atoms with Crippen LogP contribution in [0.25, 0.3) is 0 Å². The largest absolute Gasteiger partial charge is 0.396 e. The third-order valence-corrected chi connectivity index (χ3v) is 2.35. The summed E-state index contributed by atoms with van der Waals surface area (Å²) in [6.45, 7) is 1.52. The van der Waals surface area contributed by atoms with E-state index in [0.29, 0.717) is 11.4 Å². The zero-order valence-electron chi connectivity index (χ0n) is 8.56. The number of aliphatic hydroxyl groups excluding tert-OH is 2. The third kappa shape index (κ3) is 3.80. The molecule has 2 N–H and O–H groups in total. The summed E-state index contributed by atoms with van der Waals surface area (Å²) in [5.41, 5.74) is 0.786. The smallest absolute Gasteiger partial charge is 0.152 e. The standard InChI is InChI=1S/C11H15ClO3/c1-8(14)15-11(6-7-13)9-4-2-3-5-10(9)12/h2-5,8,11,13-14H,6-7H2,1H3. The molecule has 1 aromatic carbocycles. The first-order valence-electron chi connectivity index (χ1n) is 4.84. The van der Waals surface area contributed by atoms with Crippen molar-refractivity contribution in [2.45, 2.75) is 25.7 Å². The predicted molar refractivity (Wildman–Crippen MR) is 58.7 cm³/mol. The number of ether oxygens (including phenoxy) is 1. The van der Waals surface area contributed by atoms with Gasteiger partial charge in [0.05, 0.1) is 6.10 Å². The molecular formula is C11H15ClO3. The van der Waals surface area contributed by atoms with Gasteiger partial charge >= 0.3 is 0 Å².